The third-order valence-electron chi connectivity index (χ3n) is 2.41. The molecule has 0 saturated carbocycles. The number of piperazine rings is 1. The lowest BCUT2D eigenvalue weighted by Gasteiger charge is -2.34. The van der Waals surface area contributed by atoms with Crippen LogP contribution < -0.4 is 5.32 Å². The van der Waals surface area contributed by atoms with Crippen molar-refractivity contribution in [3.63, 3.8) is 0 Å². The third-order valence-corrected chi connectivity index (χ3v) is 2.41. The SMILES string of the molecule is CCN1CCNCC1CC#CC(=O)O. The minimum Gasteiger partial charge on any atom is -0.472 e. The average molecular weight is 196 g/mol. The van der Waals surface area contributed by atoms with Crippen LogP contribution in [0.1, 0.15) is 13.3 Å². The zero-order valence-electron chi connectivity index (χ0n) is 8.42. The summed E-state index contributed by atoms with van der Waals surface area (Å²) in [5.74, 6) is 3.79. The summed E-state index contributed by atoms with van der Waals surface area (Å²) in [6.07, 6.45) is 0.632. The highest BCUT2D eigenvalue weighted by Crippen LogP contribution is 2.05. The van der Waals surface area contributed by atoms with Crippen molar-refractivity contribution < 1.29 is 9.90 Å². The van der Waals surface area contributed by atoms with E-state index < -0.39 is 5.97 Å². The van der Waals surface area contributed by atoms with Gasteiger partial charge < -0.3 is 10.4 Å². The van der Waals surface area contributed by atoms with Gasteiger partial charge >= 0.3 is 5.97 Å². The molecule has 0 radical (unpaired) electrons. The summed E-state index contributed by atoms with van der Waals surface area (Å²) in [5.41, 5.74) is 0. The van der Waals surface area contributed by atoms with E-state index in [4.69, 9.17) is 5.11 Å². The first-order valence-electron chi connectivity index (χ1n) is 4.90. The standard InChI is InChI=1S/C10H16N2O2/c1-2-12-7-6-11-8-9(12)4-3-5-10(13)14/h9,11H,2,4,6-8H2,1H3,(H,13,14). The number of aliphatic carboxylic acids is 1. The van der Waals surface area contributed by atoms with Crippen LogP contribution in [0.4, 0.5) is 0 Å². The van der Waals surface area contributed by atoms with Crippen molar-refractivity contribution in [3.05, 3.63) is 0 Å². The van der Waals surface area contributed by atoms with Crippen molar-refractivity contribution in [2.45, 2.75) is 19.4 Å². The molecule has 1 fully saturated rings. The maximum Gasteiger partial charge on any atom is 0.381 e. The van der Waals surface area contributed by atoms with E-state index in [2.05, 4.69) is 29.0 Å². The van der Waals surface area contributed by atoms with Crippen LogP contribution in [0.2, 0.25) is 0 Å². The number of hydrogen-bond donors (Lipinski definition) is 2. The molecule has 4 heteroatoms. The highest BCUT2D eigenvalue weighted by atomic mass is 16.4. The highest BCUT2D eigenvalue weighted by molar-refractivity contribution is 5.86. The average Bonchev–Trinajstić information content (AvgIpc) is 2.18. The summed E-state index contributed by atoms with van der Waals surface area (Å²) in [6.45, 7) is 6.05. The van der Waals surface area contributed by atoms with Crippen LogP contribution in [0.5, 0.6) is 0 Å². The summed E-state index contributed by atoms with van der Waals surface area (Å²) < 4.78 is 0. The minimum absolute atomic E-state index is 0.362. The topological polar surface area (TPSA) is 52.6 Å². The van der Waals surface area contributed by atoms with Gasteiger partial charge in [0.1, 0.15) is 0 Å². The zero-order valence-corrected chi connectivity index (χ0v) is 8.42. The van der Waals surface area contributed by atoms with Crippen LogP contribution in [0.3, 0.4) is 0 Å². The van der Waals surface area contributed by atoms with Crippen LogP contribution in [-0.4, -0.2) is 48.2 Å². The van der Waals surface area contributed by atoms with Crippen LogP contribution in [0.25, 0.3) is 0 Å². The summed E-state index contributed by atoms with van der Waals surface area (Å²) in [4.78, 5) is 12.5. The van der Waals surface area contributed by atoms with Gasteiger partial charge in [-0.1, -0.05) is 12.8 Å². The molecule has 1 aliphatic heterocycles. The summed E-state index contributed by atoms with van der Waals surface area (Å²) >= 11 is 0. The number of carboxylic acid groups (broad SMARTS) is 1. The first kappa shape index (κ1) is 11.0. The highest BCUT2D eigenvalue weighted by Gasteiger charge is 2.19. The molecule has 4 nitrogen and oxygen atoms in total. The molecule has 1 saturated heterocycles. The Morgan fingerprint density at radius 3 is 3.14 bits per heavy atom. The van der Waals surface area contributed by atoms with Crippen molar-refractivity contribution in [3.8, 4) is 11.8 Å². The van der Waals surface area contributed by atoms with Crippen LogP contribution in [-0.2, 0) is 4.79 Å². The van der Waals surface area contributed by atoms with Gasteiger partial charge in [0.25, 0.3) is 0 Å². The Balaban J connectivity index is 2.42. The van der Waals surface area contributed by atoms with Gasteiger partial charge in [0.05, 0.1) is 0 Å². The number of hydrogen-bond acceptors (Lipinski definition) is 3. The van der Waals surface area contributed by atoms with Gasteiger partial charge in [-0.2, -0.15) is 0 Å². The third kappa shape index (κ3) is 3.36. The lowest BCUT2D eigenvalue weighted by Crippen LogP contribution is -2.50. The van der Waals surface area contributed by atoms with E-state index in [0.29, 0.717) is 12.5 Å². The van der Waals surface area contributed by atoms with Gasteiger partial charge in [0.15, 0.2) is 0 Å². The molecule has 1 aliphatic rings. The first-order chi connectivity index (χ1) is 6.74. The second kappa shape index (κ2) is 5.63. The van der Waals surface area contributed by atoms with Crippen molar-refractivity contribution in [2.75, 3.05) is 26.2 Å². The molecule has 0 amide bonds. The van der Waals surface area contributed by atoms with E-state index in [0.717, 1.165) is 26.2 Å². The van der Waals surface area contributed by atoms with Gasteiger partial charge in [-0.15, -0.1) is 0 Å². The van der Waals surface area contributed by atoms with Crippen molar-refractivity contribution in [1.82, 2.24) is 10.2 Å². The molecule has 0 bridgehead atoms. The zero-order chi connectivity index (χ0) is 10.4. The van der Waals surface area contributed by atoms with Crippen LogP contribution in [0.15, 0.2) is 0 Å². The molecular weight excluding hydrogens is 180 g/mol. The Hall–Kier alpha value is -1.05. The molecule has 0 aliphatic carbocycles. The molecule has 1 heterocycles. The Morgan fingerprint density at radius 1 is 1.71 bits per heavy atom. The first-order valence-corrected chi connectivity index (χ1v) is 4.90. The number of nitrogens with zero attached hydrogens (tertiary/aromatic N) is 1. The van der Waals surface area contributed by atoms with E-state index in [1.807, 2.05) is 0 Å². The maximum absolute atomic E-state index is 10.2. The summed E-state index contributed by atoms with van der Waals surface area (Å²) in [5, 5.41) is 11.6. The fourth-order valence-electron chi connectivity index (χ4n) is 1.67. The largest absolute Gasteiger partial charge is 0.472 e. The van der Waals surface area contributed by atoms with Gasteiger partial charge in [-0.05, 0) is 6.54 Å². The predicted molar refractivity (Wildman–Crippen MR) is 53.9 cm³/mol. The Bertz CT molecular complexity index is 255. The van der Waals surface area contributed by atoms with Gasteiger partial charge in [0, 0.05) is 38.0 Å². The molecule has 2 N–H and O–H groups in total. The molecule has 1 unspecified atom stereocenters. The quantitative estimate of drug-likeness (QED) is 0.598. The Labute approximate surface area is 84.3 Å². The number of carboxylic acids is 1. The van der Waals surface area contributed by atoms with Crippen molar-refractivity contribution in [2.24, 2.45) is 0 Å². The molecule has 78 valence electrons. The lowest BCUT2D eigenvalue weighted by molar-refractivity contribution is -0.130. The van der Waals surface area contributed by atoms with E-state index in [1.165, 1.54) is 0 Å². The number of rotatable bonds is 2. The summed E-state index contributed by atoms with van der Waals surface area (Å²) in [7, 11) is 0. The van der Waals surface area contributed by atoms with Crippen molar-refractivity contribution in [1.29, 1.82) is 0 Å². The maximum atomic E-state index is 10.2. The van der Waals surface area contributed by atoms with E-state index in [1.54, 1.807) is 0 Å². The second-order valence-corrected chi connectivity index (χ2v) is 3.30. The molecule has 0 aromatic carbocycles. The predicted octanol–water partition coefficient (Wildman–Crippen LogP) is -0.242. The van der Waals surface area contributed by atoms with Gasteiger partial charge in [0.2, 0.25) is 0 Å². The van der Waals surface area contributed by atoms with Crippen molar-refractivity contribution >= 4 is 5.97 Å². The Morgan fingerprint density at radius 2 is 2.50 bits per heavy atom. The molecular formula is C10H16N2O2. The van der Waals surface area contributed by atoms with E-state index in [9.17, 15) is 4.79 Å². The Kier molecular flexibility index (Phi) is 4.44. The van der Waals surface area contributed by atoms with Gasteiger partial charge in [-0.25, -0.2) is 4.79 Å². The monoisotopic (exact) mass is 196 g/mol. The lowest BCUT2D eigenvalue weighted by atomic mass is 10.1. The molecule has 0 spiro atoms. The number of likely N-dealkylation sites (N-methyl/N-ethyl adjacent to an activating group) is 1. The molecule has 0 aromatic rings. The summed E-state index contributed by atoms with van der Waals surface area (Å²) in [6, 6.07) is 0.362. The fraction of sp³-hybridized carbons (Fsp3) is 0.700. The normalized spacial score (nSPS) is 22.5. The molecule has 1 rings (SSSR count). The smallest absolute Gasteiger partial charge is 0.381 e. The molecule has 0 aromatic heterocycles. The molecule has 14 heavy (non-hydrogen) atoms. The number of carbonyl (C=O) groups is 1. The molecule has 1 atom stereocenters. The number of nitrogens with one attached hydrogen (secondary N) is 1. The van der Waals surface area contributed by atoms with Crippen LogP contribution >= 0.6 is 0 Å². The van der Waals surface area contributed by atoms with E-state index >= 15 is 0 Å². The second-order valence-electron chi connectivity index (χ2n) is 3.30. The fourth-order valence-corrected chi connectivity index (χ4v) is 1.67. The van der Waals surface area contributed by atoms with Crippen LogP contribution in [0, 0.1) is 11.8 Å². The van der Waals surface area contributed by atoms with Gasteiger partial charge in [-0.3, -0.25) is 4.90 Å². The van der Waals surface area contributed by atoms with E-state index in [-0.39, 0.29) is 0 Å². The minimum atomic E-state index is -1.04.